The highest BCUT2D eigenvalue weighted by atomic mass is 79.9. The Kier molecular flexibility index (Phi) is 5.22. The molecule has 0 saturated carbocycles. The number of halogens is 1. The van der Waals surface area contributed by atoms with Crippen molar-refractivity contribution in [2.24, 2.45) is 0 Å². The standard InChI is InChI=1S/C14H19BrO2/c1-14(2,16)9-5-4-6-11-7-8-13(17-3)12(15)10-11/h4,6-8,10,16H,5,9H2,1-3H3/b6-4+. The Hall–Kier alpha value is -0.800. The summed E-state index contributed by atoms with van der Waals surface area (Å²) in [6, 6.07) is 5.95. The molecule has 0 radical (unpaired) electrons. The van der Waals surface area contributed by atoms with Crippen LogP contribution >= 0.6 is 15.9 Å². The predicted octanol–water partition coefficient (Wildman–Crippen LogP) is 4.02. The van der Waals surface area contributed by atoms with E-state index in [0.717, 1.165) is 28.6 Å². The number of allylic oxidation sites excluding steroid dienone is 1. The minimum atomic E-state index is -0.592. The largest absolute Gasteiger partial charge is 0.496 e. The Bertz CT molecular complexity index is 392. The molecule has 1 aromatic rings. The number of benzene rings is 1. The fraction of sp³-hybridized carbons (Fsp3) is 0.429. The lowest BCUT2D eigenvalue weighted by atomic mass is 10.0. The molecule has 1 N–H and O–H groups in total. The summed E-state index contributed by atoms with van der Waals surface area (Å²) in [6.45, 7) is 3.65. The lowest BCUT2D eigenvalue weighted by molar-refractivity contribution is 0.0722. The van der Waals surface area contributed by atoms with Crippen molar-refractivity contribution >= 4 is 22.0 Å². The lowest BCUT2D eigenvalue weighted by Gasteiger charge is -2.14. The summed E-state index contributed by atoms with van der Waals surface area (Å²) in [5, 5.41) is 9.57. The van der Waals surface area contributed by atoms with Gasteiger partial charge in [0.05, 0.1) is 17.2 Å². The fourth-order valence-corrected chi connectivity index (χ4v) is 2.00. The monoisotopic (exact) mass is 298 g/mol. The summed E-state index contributed by atoms with van der Waals surface area (Å²) in [5.41, 5.74) is 0.526. The van der Waals surface area contributed by atoms with Gasteiger partial charge in [-0.25, -0.2) is 0 Å². The summed E-state index contributed by atoms with van der Waals surface area (Å²) < 4.78 is 6.12. The van der Waals surface area contributed by atoms with Gasteiger partial charge in [0.2, 0.25) is 0 Å². The minimum absolute atomic E-state index is 0.592. The van der Waals surface area contributed by atoms with Crippen molar-refractivity contribution in [3.8, 4) is 5.75 Å². The minimum Gasteiger partial charge on any atom is -0.496 e. The highest BCUT2D eigenvalue weighted by molar-refractivity contribution is 9.10. The van der Waals surface area contributed by atoms with Gasteiger partial charge in [0, 0.05) is 0 Å². The SMILES string of the molecule is COc1ccc(/C=C/CCC(C)(C)O)cc1Br. The number of methoxy groups -OCH3 is 1. The average molecular weight is 299 g/mol. The number of hydrogen-bond acceptors (Lipinski definition) is 2. The van der Waals surface area contributed by atoms with Gasteiger partial charge in [0.1, 0.15) is 5.75 Å². The second-order valence-corrected chi connectivity index (χ2v) is 5.50. The average Bonchev–Trinajstić information content (AvgIpc) is 2.23. The third kappa shape index (κ3) is 5.37. The zero-order valence-corrected chi connectivity index (χ0v) is 12.1. The Morgan fingerprint density at radius 3 is 2.65 bits per heavy atom. The molecule has 0 amide bonds. The van der Waals surface area contributed by atoms with Crippen molar-refractivity contribution in [2.75, 3.05) is 7.11 Å². The van der Waals surface area contributed by atoms with E-state index in [0.29, 0.717) is 0 Å². The van der Waals surface area contributed by atoms with E-state index < -0.39 is 5.60 Å². The lowest BCUT2D eigenvalue weighted by Crippen LogP contribution is -2.17. The molecule has 17 heavy (non-hydrogen) atoms. The highest BCUT2D eigenvalue weighted by Gasteiger charge is 2.09. The van der Waals surface area contributed by atoms with Gasteiger partial charge in [-0.3, -0.25) is 0 Å². The summed E-state index contributed by atoms with van der Waals surface area (Å²) in [7, 11) is 1.65. The molecule has 0 fully saturated rings. The van der Waals surface area contributed by atoms with E-state index in [1.165, 1.54) is 0 Å². The van der Waals surface area contributed by atoms with E-state index in [-0.39, 0.29) is 0 Å². The maximum atomic E-state index is 9.57. The number of rotatable bonds is 5. The maximum absolute atomic E-state index is 9.57. The molecule has 0 heterocycles. The van der Waals surface area contributed by atoms with Gasteiger partial charge in [0.15, 0.2) is 0 Å². The molecule has 2 nitrogen and oxygen atoms in total. The van der Waals surface area contributed by atoms with E-state index in [2.05, 4.69) is 28.1 Å². The molecule has 0 atom stereocenters. The molecule has 1 aromatic carbocycles. The second kappa shape index (κ2) is 6.22. The van der Waals surface area contributed by atoms with Gasteiger partial charge in [0.25, 0.3) is 0 Å². The molecular formula is C14H19BrO2. The Morgan fingerprint density at radius 2 is 2.12 bits per heavy atom. The molecule has 0 aromatic heterocycles. The van der Waals surface area contributed by atoms with E-state index in [9.17, 15) is 5.11 Å². The molecule has 94 valence electrons. The van der Waals surface area contributed by atoms with E-state index in [1.54, 1.807) is 7.11 Å². The van der Waals surface area contributed by atoms with Crippen LogP contribution in [0.5, 0.6) is 5.75 Å². The summed E-state index contributed by atoms with van der Waals surface area (Å²) >= 11 is 3.45. The molecule has 0 unspecified atom stereocenters. The third-order valence-electron chi connectivity index (χ3n) is 2.41. The molecule has 0 aliphatic heterocycles. The molecule has 0 aliphatic rings. The molecule has 1 rings (SSSR count). The molecule has 3 heteroatoms. The first-order chi connectivity index (χ1) is 7.92. The van der Waals surface area contributed by atoms with Crippen molar-refractivity contribution in [1.82, 2.24) is 0 Å². The number of ether oxygens (including phenoxy) is 1. The first-order valence-electron chi connectivity index (χ1n) is 5.65. The zero-order chi connectivity index (χ0) is 12.9. The van der Waals surface area contributed by atoms with Gasteiger partial charge in [-0.2, -0.15) is 0 Å². The highest BCUT2D eigenvalue weighted by Crippen LogP contribution is 2.26. The van der Waals surface area contributed by atoms with Gasteiger partial charge in [-0.15, -0.1) is 0 Å². The van der Waals surface area contributed by atoms with Crippen molar-refractivity contribution in [2.45, 2.75) is 32.3 Å². The van der Waals surface area contributed by atoms with Crippen molar-refractivity contribution in [1.29, 1.82) is 0 Å². The van der Waals surface area contributed by atoms with Crippen LogP contribution in [-0.4, -0.2) is 17.8 Å². The summed E-state index contributed by atoms with van der Waals surface area (Å²) in [6.07, 6.45) is 5.76. The second-order valence-electron chi connectivity index (χ2n) is 4.65. The number of hydrogen-bond donors (Lipinski definition) is 1. The summed E-state index contributed by atoms with van der Waals surface area (Å²) in [5.74, 6) is 0.832. The van der Waals surface area contributed by atoms with Crippen LogP contribution in [0.1, 0.15) is 32.3 Å². The maximum Gasteiger partial charge on any atom is 0.133 e. The Labute approximate surface area is 111 Å². The van der Waals surface area contributed by atoms with Crippen LogP contribution in [0.25, 0.3) is 6.08 Å². The molecule has 0 bridgehead atoms. The van der Waals surface area contributed by atoms with E-state index in [4.69, 9.17) is 4.74 Å². The number of aliphatic hydroxyl groups is 1. The molecule has 0 aliphatic carbocycles. The van der Waals surface area contributed by atoms with Crippen LogP contribution in [0.15, 0.2) is 28.7 Å². The van der Waals surface area contributed by atoms with Gasteiger partial charge in [-0.1, -0.05) is 18.2 Å². The van der Waals surface area contributed by atoms with Gasteiger partial charge >= 0.3 is 0 Å². The smallest absolute Gasteiger partial charge is 0.133 e. The van der Waals surface area contributed by atoms with Gasteiger partial charge < -0.3 is 9.84 Å². The molecular weight excluding hydrogens is 280 g/mol. The van der Waals surface area contributed by atoms with Gasteiger partial charge in [-0.05, 0) is 60.3 Å². The predicted molar refractivity (Wildman–Crippen MR) is 75.3 cm³/mol. The molecule has 0 saturated heterocycles. The zero-order valence-electron chi connectivity index (χ0n) is 10.5. The first-order valence-corrected chi connectivity index (χ1v) is 6.44. The van der Waals surface area contributed by atoms with Crippen LogP contribution in [-0.2, 0) is 0 Å². The van der Waals surface area contributed by atoms with E-state index in [1.807, 2.05) is 32.0 Å². The van der Waals surface area contributed by atoms with Crippen molar-refractivity contribution in [3.05, 3.63) is 34.3 Å². The first kappa shape index (κ1) is 14.3. The van der Waals surface area contributed by atoms with Crippen molar-refractivity contribution in [3.63, 3.8) is 0 Å². The van der Waals surface area contributed by atoms with Crippen LogP contribution in [0.3, 0.4) is 0 Å². The van der Waals surface area contributed by atoms with Crippen LogP contribution in [0, 0.1) is 0 Å². The van der Waals surface area contributed by atoms with Crippen LogP contribution in [0.4, 0.5) is 0 Å². The third-order valence-corrected chi connectivity index (χ3v) is 3.03. The Balaban J connectivity index is 2.57. The van der Waals surface area contributed by atoms with Crippen molar-refractivity contribution < 1.29 is 9.84 Å². The molecule has 0 spiro atoms. The topological polar surface area (TPSA) is 29.5 Å². The Morgan fingerprint density at radius 1 is 1.41 bits per heavy atom. The van der Waals surface area contributed by atoms with Crippen LogP contribution in [0.2, 0.25) is 0 Å². The normalized spacial score (nSPS) is 12.1. The fourth-order valence-electron chi connectivity index (χ4n) is 1.44. The van der Waals surface area contributed by atoms with Crippen LogP contribution < -0.4 is 4.74 Å². The summed E-state index contributed by atoms with van der Waals surface area (Å²) in [4.78, 5) is 0. The quantitative estimate of drug-likeness (QED) is 0.889. The van der Waals surface area contributed by atoms with E-state index >= 15 is 0 Å².